The highest BCUT2D eigenvalue weighted by atomic mass is 35.5. The predicted octanol–water partition coefficient (Wildman–Crippen LogP) is 3.65. The van der Waals surface area contributed by atoms with E-state index >= 15 is 0 Å². The molecule has 0 unspecified atom stereocenters. The topological polar surface area (TPSA) is 58.0 Å². The SMILES string of the molecule is OC1(CNc2cc(C(F)(F)F)nc(Cl)n2)CCCCCC1. The van der Waals surface area contributed by atoms with Crippen molar-refractivity contribution in [3.63, 3.8) is 0 Å². The summed E-state index contributed by atoms with van der Waals surface area (Å²) in [5.74, 6) is -0.0278. The molecule has 1 aromatic heterocycles. The van der Waals surface area contributed by atoms with Gasteiger partial charge in [0.2, 0.25) is 5.28 Å². The number of anilines is 1. The maximum absolute atomic E-state index is 12.6. The van der Waals surface area contributed by atoms with Crippen molar-refractivity contribution in [3.8, 4) is 0 Å². The van der Waals surface area contributed by atoms with E-state index in [4.69, 9.17) is 11.6 Å². The molecule has 0 bridgehead atoms. The lowest BCUT2D eigenvalue weighted by Crippen LogP contribution is -2.36. The maximum atomic E-state index is 12.6. The molecule has 2 rings (SSSR count). The first-order valence-corrected chi connectivity index (χ1v) is 7.24. The van der Waals surface area contributed by atoms with Gasteiger partial charge >= 0.3 is 6.18 Å². The lowest BCUT2D eigenvalue weighted by atomic mass is 9.94. The minimum Gasteiger partial charge on any atom is -0.388 e. The monoisotopic (exact) mass is 323 g/mol. The molecule has 0 aliphatic heterocycles. The van der Waals surface area contributed by atoms with Gasteiger partial charge in [-0.2, -0.15) is 13.2 Å². The molecule has 0 saturated heterocycles. The molecule has 1 aliphatic carbocycles. The largest absolute Gasteiger partial charge is 0.433 e. The zero-order valence-electron chi connectivity index (χ0n) is 11.4. The molecule has 0 radical (unpaired) electrons. The fourth-order valence-electron chi connectivity index (χ4n) is 2.47. The van der Waals surface area contributed by atoms with E-state index in [1.54, 1.807) is 0 Å². The van der Waals surface area contributed by atoms with Gasteiger partial charge in [0.1, 0.15) is 5.82 Å². The first kappa shape index (κ1) is 16.3. The van der Waals surface area contributed by atoms with E-state index in [2.05, 4.69) is 15.3 Å². The minimum absolute atomic E-state index is 0.0278. The Morgan fingerprint density at radius 2 is 1.81 bits per heavy atom. The van der Waals surface area contributed by atoms with E-state index < -0.39 is 22.8 Å². The number of aromatic nitrogens is 2. The van der Waals surface area contributed by atoms with Gasteiger partial charge in [0.25, 0.3) is 0 Å². The number of aliphatic hydroxyl groups is 1. The summed E-state index contributed by atoms with van der Waals surface area (Å²) in [7, 11) is 0. The summed E-state index contributed by atoms with van der Waals surface area (Å²) in [6, 6.07) is 0.798. The Bertz CT molecular complexity index is 488. The summed E-state index contributed by atoms with van der Waals surface area (Å²) in [5, 5.41) is 12.7. The number of hydrogen-bond donors (Lipinski definition) is 2. The summed E-state index contributed by atoms with van der Waals surface area (Å²) in [5.41, 5.74) is -2.01. The standard InChI is InChI=1S/C13H17ClF3N3O/c14-11-19-9(13(15,16)17)7-10(20-11)18-8-12(21)5-3-1-2-4-6-12/h7,21H,1-6,8H2,(H,18,19,20). The Morgan fingerprint density at radius 3 is 2.38 bits per heavy atom. The van der Waals surface area contributed by atoms with Crippen LogP contribution in [0.3, 0.4) is 0 Å². The smallest absolute Gasteiger partial charge is 0.388 e. The van der Waals surface area contributed by atoms with E-state index in [1.165, 1.54) is 0 Å². The highest BCUT2D eigenvalue weighted by Crippen LogP contribution is 2.31. The van der Waals surface area contributed by atoms with Gasteiger partial charge in [-0.3, -0.25) is 0 Å². The number of rotatable bonds is 3. The van der Waals surface area contributed by atoms with Gasteiger partial charge in [0, 0.05) is 12.6 Å². The summed E-state index contributed by atoms with van der Waals surface area (Å²) < 4.78 is 37.9. The zero-order valence-corrected chi connectivity index (χ0v) is 12.1. The lowest BCUT2D eigenvalue weighted by Gasteiger charge is -2.27. The van der Waals surface area contributed by atoms with Gasteiger partial charge in [-0.15, -0.1) is 0 Å². The fraction of sp³-hybridized carbons (Fsp3) is 0.692. The van der Waals surface area contributed by atoms with Crippen LogP contribution in [0.1, 0.15) is 44.2 Å². The normalized spacial score (nSPS) is 19.1. The van der Waals surface area contributed by atoms with Crippen LogP contribution in [0.4, 0.5) is 19.0 Å². The number of nitrogens with one attached hydrogen (secondary N) is 1. The maximum Gasteiger partial charge on any atom is 0.433 e. The molecule has 118 valence electrons. The number of halogens is 4. The summed E-state index contributed by atoms with van der Waals surface area (Å²) in [6.07, 6.45) is 0.644. The van der Waals surface area contributed by atoms with Gasteiger partial charge in [-0.25, -0.2) is 9.97 Å². The van der Waals surface area contributed by atoms with Crippen molar-refractivity contribution in [2.75, 3.05) is 11.9 Å². The van der Waals surface area contributed by atoms with E-state index in [-0.39, 0.29) is 12.4 Å². The van der Waals surface area contributed by atoms with Gasteiger partial charge in [-0.1, -0.05) is 25.7 Å². The van der Waals surface area contributed by atoms with Crippen molar-refractivity contribution in [3.05, 3.63) is 17.0 Å². The summed E-state index contributed by atoms with van der Waals surface area (Å²) in [6.45, 7) is 0.150. The van der Waals surface area contributed by atoms with Crippen molar-refractivity contribution in [1.29, 1.82) is 0 Å². The van der Waals surface area contributed by atoms with Crippen molar-refractivity contribution >= 4 is 17.4 Å². The van der Waals surface area contributed by atoms with Crippen LogP contribution in [0.5, 0.6) is 0 Å². The molecule has 0 spiro atoms. The molecule has 1 heterocycles. The first-order valence-electron chi connectivity index (χ1n) is 6.87. The van der Waals surface area contributed by atoms with Crippen LogP contribution < -0.4 is 5.32 Å². The van der Waals surface area contributed by atoms with Crippen LogP contribution in [0.2, 0.25) is 5.28 Å². The first-order chi connectivity index (χ1) is 9.78. The van der Waals surface area contributed by atoms with E-state index in [0.29, 0.717) is 12.8 Å². The van der Waals surface area contributed by atoms with Crippen LogP contribution in [0.25, 0.3) is 0 Å². The molecule has 0 atom stereocenters. The van der Waals surface area contributed by atoms with Crippen LogP contribution >= 0.6 is 11.6 Å². The third-order valence-corrected chi connectivity index (χ3v) is 3.79. The van der Waals surface area contributed by atoms with Crippen LogP contribution in [-0.4, -0.2) is 27.2 Å². The van der Waals surface area contributed by atoms with E-state index in [0.717, 1.165) is 31.7 Å². The Balaban J connectivity index is 2.07. The van der Waals surface area contributed by atoms with Crippen molar-refractivity contribution in [2.45, 2.75) is 50.3 Å². The van der Waals surface area contributed by atoms with E-state index in [1.807, 2.05) is 0 Å². The predicted molar refractivity (Wildman–Crippen MR) is 73.2 cm³/mol. The molecule has 21 heavy (non-hydrogen) atoms. The Hall–Kier alpha value is -1.08. The van der Waals surface area contributed by atoms with Crippen LogP contribution in [0, 0.1) is 0 Å². The molecule has 8 heteroatoms. The molecule has 0 aromatic carbocycles. The Labute approximate surface area is 125 Å². The molecular weight excluding hydrogens is 307 g/mol. The molecule has 1 aromatic rings. The fourth-order valence-corrected chi connectivity index (χ4v) is 2.65. The van der Waals surface area contributed by atoms with Gasteiger partial charge in [-0.05, 0) is 24.4 Å². The number of alkyl halides is 3. The summed E-state index contributed by atoms with van der Waals surface area (Å²) in [4.78, 5) is 6.88. The Morgan fingerprint density at radius 1 is 1.19 bits per heavy atom. The second-order valence-corrected chi connectivity index (χ2v) is 5.74. The lowest BCUT2D eigenvalue weighted by molar-refractivity contribution is -0.141. The highest BCUT2D eigenvalue weighted by Gasteiger charge is 2.34. The third-order valence-electron chi connectivity index (χ3n) is 3.62. The zero-order chi connectivity index (χ0) is 15.5. The van der Waals surface area contributed by atoms with Crippen molar-refractivity contribution < 1.29 is 18.3 Å². The second kappa shape index (κ2) is 6.36. The third kappa shape index (κ3) is 4.71. The molecule has 4 nitrogen and oxygen atoms in total. The van der Waals surface area contributed by atoms with E-state index in [9.17, 15) is 18.3 Å². The molecule has 1 saturated carbocycles. The van der Waals surface area contributed by atoms with Gasteiger partial charge in [0.05, 0.1) is 5.60 Å². The quantitative estimate of drug-likeness (QED) is 0.658. The molecule has 1 aliphatic rings. The summed E-state index contributed by atoms with van der Waals surface area (Å²) >= 11 is 5.51. The molecule has 0 amide bonds. The number of hydrogen-bond acceptors (Lipinski definition) is 4. The Kier molecular flexibility index (Phi) is 4.93. The average Bonchev–Trinajstić information content (AvgIpc) is 2.60. The van der Waals surface area contributed by atoms with Crippen molar-refractivity contribution in [2.24, 2.45) is 0 Å². The highest BCUT2D eigenvalue weighted by molar-refractivity contribution is 6.28. The van der Waals surface area contributed by atoms with Crippen LogP contribution in [-0.2, 0) is 6.18 Å². The molecule has 2 N–H and O–H groups in total. The number of nitrogens with zero attached hydrogens (tertiary/aromatic N) is 2. The molecule has 1 fully saturated rings. The van der Waals surface area contributed by atoms with Gasteiger partial charge < -0.3 is 10.4 Å². The van der Waals surface area contributed by atoms with Gasteiger partial charge in [0.15, 0.2) is 5.69 Å². The second-order valence-electron chi connectivity index (χ2n) is 5.40. The molecular formula is C13H17ClF3N3O. The van der Waals surface area contributed by atoms with Crippen LogP contribution in [0.15, 0.2) is 6.07 Å². The minimum atomic E-state index is -4.58. The van der Waals surface area contributed by atoms with Crippen molar-refractivity contribution in [1.82, 2.24) is 9.97 Å². The average molecular weight is 324 g/mol.